The molecule has 3 N–H and O–H groups in total. The number of nitrogens with one attached hydrogen (secondary N) is 3. The average Bonchev–Trinajstić information content (AvgIpc) is 2.42. The lowest BCUT2D eigenvalue weighted by molar-refractivity contribution is 0.263. The Kier molecular flexibility index (Phi) is 5.35. The first-order valence-corrected chi connectivity index (χ1v) is 6.93. The minimum absolute atomic E-state index is 0.524. The summed E-state index contributed by atoms with van der Waals surface area (Å²) in [5, 5.41) is 9.86. The number of aromatic nitrogens is 2. The zero-order valence-electron chi connectivity index (χ0n) is 11.8. The molecule has 106 valence electrons. The number of rotatable bonds is 6. The third-order valence-electron chi connectivity index (χ3n) is 3.42. The molecule has 1 aromatic rings. The van der Waals surface area contributed by atoms with Crippen LogP contribution in [0.4, 0.5) is 11.6 Å². The lowest BCUT2D eigenvalue weighted by atomic mass is 10.1. The standard InChI is InChI=1S/C13H24N6/c1-14-5-6-15-12-9-13(17-10-16-12)18-11-3-7-19(2)8-4-11/h9-11,14H,3-8H2,1-2H3,(H2,15,16,17,18). The Bertz CT molecular complexity index is 375. The minimum atomic E-state index is 0.524. The average molecular weight is 264 g/mol. The SMILES string of the molecule is CNCCNc1cc(NC2CCN(C)CC2)ncn1. The Labute approximate surface area is 115 Å². The summed E-state index contributed by atoms with van der Waals surface area (Å²) in [6, 6.07) is 2.50. The number of hydrogen-bond donors (Lipinski definition) is 3. The number of likely N-dealkylation sites (tertiary alicyclic amines) is 1. The van der Waals surface area contributed by atoms with Crippen molar-refractivity contribution in [3.05, 3.63) is 12.4 Å². The molecule has 0 atom stereocenters. The summed E-state index contributed by atoms with van der Waals surface area (Å²) in [7, 11) is 4.11. The van der Waals surface area contributed by atoms with Gasteiger partial charge in [-0.3, -0.25) is 0 Å². The highest BCUT2D eigenvalue weighted by Crippen LogP contribution is 2.15. The molecule has 1 aliphatic rings. The van der Waals surface area contributed by atoms with E-state index >= 15 is 0 Å². The molecule has 0 aliphatic carbocycles. The molecule has 19 heavy (non-hydrogen) atoms. The molecular weight excluding hydrogens is 240 g/mol. The summed E-state index contributed by atoms with van der Waals surface area (Å²) in [6.45, 7) is 4.08. The Balaban J connectivity index is 1.84. The fourth-order valence-corrected chi connectivity index (χ4v) is 2.21. The van der Waals surface area contributed by atoms with Crippen LogP contribution in [0.3, 0.4) is 0 Å². The van der Waals surface area contributed by atoms with Crippen LogP contribution < -0.4 is 16.0 Å². The van der Waals surface area contributed by atoms with Crippen LogP contribution in [0.1, 0.15) is 12.8 Å². The molecule has 0 aromatic carbocycles. The van der Waals surface area contributed by atoms with E-state index in [-0.39, 0.29) is 0 Å². The van der Waals surface area contributed by atoms with Gasteiger partial charge in [-0.05, 0) is 40.0 Å². The van der Waals surface area contributed by atoms with Gasteiger partial charge in [-0.25, -0.2) is 9.97 Å². The van der Waals surface area contributed by atoms with Crippen molar-refractivity contribution in [3.63, 3.8) is 0 Å². The predicted octanol–water partition coefficient (Wildman–Crippen LogP) is 0.614. The van der Waals surface area contributed by atoms with Gasteiger partial charge in [0.15, 0.2) is 0 Å². The molecule has 0 saturated carbocycles. The summed E-state index contributed by atoms with van der Waals surface area (Å²) >= 11 is 0. The van der Waals surface area contributed by atoms with Crippen LogP contribution in [0.2, 0.25) is 0 Å². The highest BCUT2D eigenvalue weighted by atomic mass is 15.1. The molecule has 6 nitrogen and oxygen atoms in total. The van der Waals surface area contributed by atoms with Gasteiger partial charge in [0.25, 0.3) is 0 Å². The largest absolute Gasteiger partial charge is 0.369 e. The van der Waals surface area contributed by atoms with E-state index in [0.29, 0.717) is 6.04 Å². The van der Waals surface area contributed by atoms with Crippen LogP contribution in [0.15, 0.2) is 12.4 Å². The van der Waals surface area contributed by atoms with Crippen LogP contribution in [-0.4, -0.2) is 61.2 Å². The van der Waals surface area contributed by atoms with Crippen molar-refractivity contribution in [3.8, 4) is 0 Å². The molecule has 0 unspecified atom stereocenters. The molecule has 0 bridgehead atoms. The van der Waals surface area contributed by atoms with Crippen molar-refractivity contribution in [2.24, 2.45) is 0 Å². The van der Waals surface area contributed by atoms with E-state index in [2.05, 4.69) is 37.9 Å². The van der Waals surface area contributed by atoms with Gasteiger partial charge < -0.3 is 20.9 Å². The van der Waals surface area contributed by atoms with Crippen molar-refractivity contribution in [2.75, 3.05) is 50.9 Å². The zero-order chi connectivity index (χ0) is 13.5. The van der Waals surface area contributed by atoms with E-state index in [9.17, 15) is 0 Å². The third-order valence-corrected chi connectivity index (χ3v) is 3.42. The Morgan fingerprint density at radius 2 is 1.95 bits per heavy atom. The van der Waals surface area contributed by atoms with Crippen LogP contribution in [-0.2, 0) is 0 Å². The molecule has 0 amide bonds. The lowest BCUT2D eigenvalue weighted by Crippen LogP contribution is -2.36. The van der Waals surface area contributed by atoms with Crippen molar-refractivity contribution in [2.45, 2.75) is 18.9 Å². The summed E-state index contributed by atoms with van der Waals surface area (Å²) in [5.41, 5.74) is 0. The smallest absolute Gasteiger partial charge is 0.131 e. The summed E-state index contributed by atoms with van der Waals surface area (Å²) in [4.78, 5) is 10.9. The van der Waals surface area contributed by atoms with Crippen LogP contribution in [0, 0.1) is 0 Å². The molecule has 0 spiro atoms. The molecule has 1 aromatic heterocycles. The highest BCUT2D eigenvalue weighted by Gasteiger charge is 2.16. The maximum absolute atomic E-state index is 4.29. The second-order valence-electron chi connectivity index (χ2n) is 5.04. The molecule has 1 saturated heterocycles. The number of piperidine rings is 1. The van der Waals surface area contributed by atoms with Gasteiger partial charge in [-0.1, -0.05) is 0 Å². The predicted molar refractivity (Wildman–Crippen MR) is 78.6 cm³/mol. The monoisotopic (exact) mass is 264 g/mol. The number of hydrogen-bond acceptors (Lipinski definition) is 6. The Morgan fingerprint density at radius 3 is 2.68 bits per heavy atom. The van der Waals surface area contributed by atoms with Gasteiger partial charge in [0.05, 0.1) is 0 Å². The van der Waals surface area contributed by atoms with E-state index in [0.717, 1.165) is 37.8 Å². The van der Waals surface area contributed by atoms with Crippen LogP contribution in [0.5, 0.6) is 0 Å². The first-order valence-electron chi connectivity index (χ1n) is 6.93. The Morgan fingerprint density at radius 1 is 1.21 bits per heavy atom. The van der Waals surface area contributed by atoms with Crippen molar-refractivity contribution in [1.82, 2.24) is 20.2 Å². The number of anilines is 2. The summed E-state index contributed by atoms with van der Waals surface area (Å²) in [6.07, 6.45) is 3.95. The number of likely N-dealkylation sites (N-methyl/N-ethyl adjacent to an activating group) is 1. The van der Waals surface area contributed by atoms with Gasteiger partial charge in [0.2, 0.25) is 0 Å². The molecule has 1 aliphatic heterocycles. The van der Waals surface area contributed by atoms with E-state index in [1.54, 1.807) is 6.33 Å². The second kappa shape index (κ2) is 7.25. The summed E-state index contributed by atoms with van der Waals surface area (Å²) < 4.78 is 0. The van der Waals surface area contributed by atoms with E-state index in [4.69, 9.17) is 0 Å². The van der Waals surface area contributed by atoms with Gasteiger partial charge in [-0.15, -0.1) is 0 Å². The first kappa shape index (κ1) is 14.0. The van der Waals surface area contributed by atoms with E-state index < -0.39 is 0 Å². The molecular formula is C13H24N6. The van der Waals surface area contributed by atoms with Crippen molar-refractivity contribution >= 4 is 11.6 Å². The van der Waals surface area contributed by atoms with Crippen LogP contribution >= 0.6 is 0 Å². The maximum atomic E-state index is 4.29. The molecule has 2 rings (SSSR count). The summed E-state index contributed by atoms with van der Waals surface area (Å²) in [5.74, 6) is 1.79. The molecule has 2 heterocycles. The lowest BCUT2D eigenvalue weighted by Gasteiger charge is -2.29. The maximum Gasteiger partial charge on any atom is 0.131 e. The van der Waals surface area contributed by atoms with Gasteiger partial charge in [0, 0.05) is 25.2 Å². The molecule has 6 heteroatoms. The van der Waals surface area contributed by atoms with Crippen molar-refractivity contribution in [1.29, 1.82) is 0 Å². The fourth-order valence-electron chi connectivity index (χ4n) is 2.21. The third kappa shape index (κ3) is 4.65. The number of nitrogens with zero attached hydrogens (tertiary/aromatic N) is 3. The molecule has 1 fully saturated rings. The normalized spacial score (nSPS) is 17.4. The highest BCUT2D eigenvalue weighted by molar-refractivity contribution is 5.46. The Hall–Kier alpha value is -1.40. The van der Waals surface area contributed by atoms with Crippen molar-refractivity contribution < 1.29 is 0 Å². The first-order chi connectivity index (χ1) is 9.28. The second-order valence-corrected chi connectivity index (χ2v) is 5.04. The van der Waals surface area contributed by atoms with Crippen LogP contribution in [0.25, 0.3) is 0 Å². The fraction of sp³-hybridized carbons (Fsp3) is 0.692. The van der Waals surface area contributed by atoms with Gasteiger partial charge >= 0.3 is 0 Å². The van der Waals surface area contributed by atoms with Gasteiger partial charge in [-0.2, -0.15) is 0 Å². The van der Waals surface area contributed by atoms with Gasteiger partial charge in [0.1, 0.15) is 18.0 Å². The topological polar surface area (TPSA) is 65.1 Å². The zero-order valence-corrected chi connectivity index (χ0v) is 11.8. The quantitative estimate of drug-likeness (QED) is 0.655. The molecule has 0 radical (unpaired) electrons. The minimum Gasteiger partial charge on any atom is -0.369 e. The van der Waals surface area contributed by atoms with E-state index in [1.807, 2.05) is 13.1 Å². The van der Waals surface area contributed by atoms with E-state index in [1.165, 1.54) is 12.8 Å².